The van der Waals surface area contributed by atoms with Crippen molar-refractivity contribution in [1.82, 2.24) is 19.6 Å². The number of carbonyl (C=O) groups is 2. The lowest BCUT2D eigenvalue weighted by atomic mass is 10.1. The standard InChI is InChI=1S/C21H25N5O3/c27-19-7-4-8-22-26(19)14-11-23-9-12-24(13-10-23)21(29)17-15-20(28)25(16-17)18-5-2-1-3-6-18/h1-8,17H,9-16H2. The summed E-state index contributed by atoms with van der Waals surface area (Å²) in [4.78, 5) is 42.9. The molecule has 0 bridgehead atoms. The minimum absolute atomic E-state index is 0.00832. The quantitative estimate of drug-likeness (QED) is 0.734. The monoisotopic (exact) mass is 395 g/mol. The van der Waals surface area contributed by atoms with E-state index in [0.29, 0.717) is 26.2 Å². The molecule has 1 atom stereocenters. The van der Waals surface area contributed by atoms with Gasteiger partial charge in [0, 0.05) is 63.6 Å². The van der Waals surface area contributed by atoms with Crippen LogP contribution in [0.15, 0.2) is 53.5 Å². The number of rotatable bonds is 5. The lowest BCUT2D eigenvalue weighted by Crippen LogP contribution is -2.51. The smallest absolute Gasteiger partial charge is 0.266 e. The Morgan fingerprint density at radius 1 is 0.966 bits per heavy atom. The number of piperazine rings is 1. The van der Waals surface area contributed by atoms with Crippen LogP contribution in [-0.2, 0) is 16.1 Å². The van der Waals surface area contributed by atoms with Crippen LogP contribution >= 0.6 is 0 Å². The van der Waals surface area contributed by atoms with Crippen molar-refractivity contribution in [3.05, 3.63) is 59.0 Å². The highest BCUT2D eigenvalue weighted by Gasteiger charge is 2.37. The number of benzene rings is 1. The molecule has 2 aromatic rings. The molecule has 8 heteroatoms. The average Bonchev–Trinajstić information content (AvgIpc) is 3.15. The summed E-state index contributed by atoms with van der Waals surface area (Å²) in [5.41, 5.74) is 0.748. The average molecular weight is 395 g/mol. The zero-order valence-electron chi connectivity index (χ0n) is 16.3. The van der Waals surface area contributed by atoms with E-state index in [1.54, 1.807) is 17.2 Å². The van der Waals surface area contributed by atoms with Crippen LogP contribution in [-0.4, -0.2) is 70.7 Å². The van der Waals surface area contributed by atoms with Crippen LogP contribution in [0.1, 0.15) is 6.42 Å². The summed E-state index contributed by atoms with van der Waals surface area (Å²) in [5, 5.41) is 4.07. The van der Waals surface area contributed by atoms with Crippen molar-refractivity contribution in [1.29, 1.82) is 0 Å². The van der Waals surface area contributed by atoms with Gasteiger partial charge in [0.25, 0.3) is 5.56 Å². The number of aromatic nitrogens is 2. The summed E-state index contributed by atoms with van der Waals surface area (Å²) in [6.07, 6.45) is 1.89. The molecule has 0 aliphatic carbocycles. The van der Waals surface area contributed by atoms with Crippen LogP contribution in [0, 0.1) is 5.92 Å². The van der Waals surface area contributed by atoms with Gasteiger partial charge in [0.2, 0.25) is 11.8 Å². The van der Waals surface area contributed by atoms with Crippen molar-refractivity contribution in [2.75, 3.05) is 44.2 Å². The number of hydrogen-bond acceptors (Lipinski definition) is 5. The molecule has 3 heterocycles. The van der Waals surface area contributed by atoms with E-state index in [2.05, 4.69) is 10.00 Å². The third-order valence-corrected chi connectivity index (χ3v) is 5.64. The van der Waals surface area contributed by atoms with Crippen LogP contribution < -0.4 is 10.5 Å². The van der Waals surface area contributed by atoms with Gasteiger partial charge in [0.1, 0.15) is 0 Å². The number of hydrogen-bond donors (Lipinski definition) is 0. The van der Waals surface area contributed by atoms with Crippen molar-refractivity contribution < 1.29 is 9.59 Å². The van der Waals surface area contributed by atoms with Gasteiger partial charge in [-0.25, -0.2) is 4.68 Å². The first-order valence-corrected chi connectivity index (χ1v) is 10.0. The highest BCUT2D eigenvalue weighted by Crippen LogP contribution is 2.26. The molecule has 0 radical (unpaired) electrons. The van der Waals surface area contributed by atoms with Gasteiger partial charge in [-0.05, 0) is 18.2 Å². The topological polar surface area (TPSA) is 78.8 Å². The van der Waals surface area contributed by atoms with Crippen LogP contribution in [0.2, 0.25) is 0 Å². The molecule has 1 aromatic carbocycles. The maximum Gasteiger partial charge on any atom is 0.266 e. The molecule has 2 amide bonds. The molecule has 2 aliphatic rings. The SMILES string of the molecule is O=C(C1CC(=O)N(c2ccccc2)C1)N1CCN(CCn2ncccc2=O)CC1. The van der Waals surface area contributed by atoms with E-state index in [9.17, 15) is 14.4 Å². The molecular formula is C21H25N5O3. The van der Waals surface area contributed by atoms with Crippen molar-refractivity contribution in [3.63, 3.8) is 0 Å². The molecule has 1 unspecified atom stereocenters. The fourth-order valence-corrected chi connectivity index (χ4v) is 3.97. The summed E-state index contributed by atoms with van der Waals surface area (Å²) in [6, 6.07) is 12.6. The van der Waals surface area contributed by atoms with Gasteiger partial charge >= 0.3 is 0 Å². The second-order valence-corrected chi connectivity index (χ2v) is 7.49. The van der Waals surface area contributed by atoms with Gasteiger partial charge in [-0.15, -0.1) is 0 Å². The van der Waals surface area contributed by atoms with Crippen LogP contribution in [0.4, 0.5) is 5.69 Å². The second-order valence-electron chi connectivity index (χ2n) is 7.49. The van der Waals surface area contributed by atoms with Crippen LogP contribution in [0.5, 0.6) is 0 Å². The Labute approximate surface area is 169 Å². The molecule has 2 saturated heterocycles. The second kappa shape index (κ2) is 8.57. The molecule has 4 rings (SSSR count). The highest BCUT2D eigenvalue weighted by atomic mass is 16.2. The number of anilines is 1. The Bertz CT molecular complexity index is 921. The van der Waals surface area contributed by atoms with Gasteiger partial charge in [0.15, 0.2) is 0 Å². The zero-order valence-corrected chi connectivity index (χ0v) is 16.3. The zero-order chi connectivity index (χ0) is 20.2. The lowest BCUT2D eigenvalue weighted by molar-refractivity contribution is -0.137. The summed E-state index contributed by atoms with van der Waals surface area (Å²) >= 11 is 0. The molecule has 0 saturated carbocycles. The Hall–Kier alpha value is -3.00. The van der Waals surface area contributed by atoms with E-state index >= 15 is 0 Å². The minimum Gasteiger partial charge on any atom is -0.340 e. The van der Waals surface area contributed by atoms with E-state index in [1.807, 2.05) is 35.2 Å². The molecule has 152 valence electrons. The van der Waals surface area contributed by atoms with Crippen molar-refractivity contribution in [2.24, 2.45) is 5.92 Å². The molecule has 29 heavy (non-hydrogen) atoms. The third-order valence-electron chi connectivity index (χ3n) is 5.64. The summed E-state index contributed by atoms with van der Waals surface area (Å²) in [6.45, 7) is 4.52. The Morgan fingerprint density at radius 3 is 2.45 bits per heavy atom. The fourth-order valence-electron chi connectivity index (χ4n) is 3.97. The Kier molecular flexibility index (Phi) is 5.71. The lowest BCUT2D eigenvalue weighted by Gasteiger charge is -2.35. The molecule has 0 spiro atoms. The normalized spacial score (nSPS) is 20.3. The van der Waals surface area contributed by atoms with Crippen LogP contribution in [0.3, 0.4) is 0 Å². The molecule has 1 aromatic heterocycles. The Balaban J connectivity index is 1.28. The molecular weight excluding hydrogens is 370 g/mol. The number of carbonyl (C=O) groups excluding carboxylic acids is 2. The number of para-hydroxylation sites is 1. The van der Waals surface area contributed by atoms with E-state index in [4.69, 9.17) is 0 Å². The first-order valence-electron chi connectivity index (χ1n) is 10.0. The third kappa shape index (κ3) is 4.37. The number of nitrogens with zero attached hydrogens (tertiary/aromatic N) is 5. The van der Waals surface area contributed by atoms with Crippen molar-refractivity contribution in [2.45, 2.75) is 13.0 Å². The first kappa shape index (κ1) is 19.3. The molecule has 2 aliphatic heterocycles. The molecule has 8 nitrogen and oxygen atoms in total. The van der Waals surface area contributed by atoms with Gasteiger partial charge in [-0.2, -0.15) is 5.10 Å². The van der Waals surface area contributed by atoms with Gasteiger partial charge in [0.05, 0.1) is 12.5 Å². The Morgan fingerprint density at radius 2 is 1.72 bits per heavy atom. The van der Waals surface area contributed by atoms with Crippen LogP contribution in [0.25, 0.3) is 0 Å². The van der Waals surface area contributed by atoms with E-state index in [-0.39, 0.29) is 29.7 Å². The van der Waals surface area contributed by atoms with Gasteiger partial charge in [-0.3, -0.25) is 19.3 Å². The minimum atomic E-state index is -0.277. The number of amides is 2. The predicted octanol–water partition coefficient (Wildman–Crippen LogP) is 0.441. The maximum absolute atomic E-state index is 12.9. The first-order chi connectivity index (χ1) is 14.1. The molecule has 0 N–H and O–H groups in total. The summed E-state index contributed by atoms with van der Waals surface area (Å²) in [5.74, 6) is -0.201. The predicted molar refractivity (Wildman–Crippen MR) is 108 cm³/mol. The maximum atomic E-state index is 12.9. The highest BCUT2D eigenvalue weighted by molar-refractivity contribution is 6.00. The van der Waals surface area contributed by atoms with E-state index < -0.39 is 0 Å². The molecule has 2 fully saturated rings. The summed E-state index contributed by atoms with van der Waals surface area (Å²) < 4.78 is 1.46. The van der Waals surface area contributed by atoms with E-state index in [1.165, 1.54) is 10.7 Å². The van der Waals surface area contributed by atoms with Gasteiger partial charge in [-0.1, -0.05) is 18.2 Å². The largest absolute Gasteiger partial charge is 0.340 e. The fraction of sp³-hybridized carbons (Fsp3) is 0.429. The van der Waals surface area contributed by atoms with Gasteiger partial charge < -0.3 is 9.80 Å². The van der Waals surface area contributed by atoms with E-state index in [0.717, 1.165) is 25.3 Å². The van der Waals surface area contributed by atoms with Crippen molar-refractivity contribution in [3.8, 4) is 0 Å². The summed E-state index contributed by atoms with van der Waals surface area (Å²) in [7, 11) is 0. The van der Waals surface area contributed by atoms with Crippen molar-refractivity contribution >= 4 is 17.5 Å².